The third-order valence-electron chi connectivity index (χ3n) is 3.55. The van der Waals surface area contributed by atoms with Gasteiger partial charge in [-0.2, -0.15) is 13.2 Å². The average molecular weight is 371 g/mol. The molecule has 1 N–H and O–H groups in total. The van der Waals surface area contributed by atoms with Crippen molar-refractivity contribution in [2.75, 3.05) is 13.6 Å². The molecule has 0 unspecified atom stereocenters. The van der Waals surface area contributed by atoms with Gasteiger partial charge in [0.05, 0.1) is 12.1 Å². The van der Waals surface area contributed by atoms with Crippen LogP contribution in [-0.2, 0) is 24.1 Å². The molecule has 0 aliphatic carbocycles. The summed E-state index contributed by atoms with van der Waals surface area (Å²) in [5.41, 5.74) is 0.962. The van der Waals surface area contributed by atoms with Gasteiger partial charge in [0, 0.05) is 18.1 Å². The molecule has 0 aromatic heterocycles. The summed E-state index contributed by atoms with van der Waals surface area (Å²) >= 11 is 5.80. The monoisotopic (exact) mass is 370 g/mol. The highest BCUT2D eigenvalue weighted by atomic mass is 35.5. The minimum atomic E-state index is -4.34. The second-order valence-corrected chi connectivity index (χ2v) is 6.21. The lowest BCUT2D eigenvalue weighted by Crippen LogP contribution is -2.34. The topological polar surface area (TPSA) is 32.3 Å². The Bertz CT molecular complexity index is 700. The van der Waals surface area contributed by atoms with Crippen molar-refractivity contribution in [1.82, 2.24) is 10.2 Å². The van der Waals surface area contributed by atoms with Crippen molar-refractivity contribution in [3.05, 3.63) is 70.2 Å². The normalized spacial score (nSPS) is 11.6. The molecule has 0 aliphatic heterocycles. The summed E-state index contributed by atoms with van der Waals surface area (Å²) in [5, 5.41) is 3.42. The first-order valence-electron chi connectivity index (χ1n) is 7.60. The first-order chi connectivity index (χ1) is 11.7. The summed E-state index contributed by atoms with van der Waals surface area (Å²) in [5.74, 6) is -0.163. The van der Waals surface area contributed by atoms with Crippen molar-refractivity contribution in [2.24, 2.45) is 0 Å². The van der Waals surface area contributed by atoms with Crippen LogP contribution in [0, 0.1) is 0 Å². The lowest BCUT2D eigenvalue weighted by molar-refractivity contribution is -0.137. The van der Waals surface area contributed by atoms with E-state index in [1.165, 1.54) is 12.1 Å². The number of carbonyl (C=O) groups excluding carboxylic acids is 1. The Kier molecular flexibility index (Phi) is 6.45. The molecular formula is C18H18ClF3N2O. The molecule has 0 bridgehead atoms. The van der Waals surface area contributed by atoms with Crippen LogP contribution >= 0.6 is 11.6 Å². The summed E-state index contributed by atoms with van der Waals surface area (Å²) < 4.78 is 37.6. The molecule has 0 fully saturated rings. The van der Waals surface area contributed by atoms with E-state index in [0.29, 0.717) is 23.7 Å². The molecule has 0 saturated carbocycles. The molecule has 0 radical (unpaired) electrons. The quantitative estimate of drug-likeness (QED) is 0.830. The minimum Gasteiger partial charge on any atom is -0.351 e. The second kappa shape index (κ2) is 8.36. The molecule has 0 atom stereocenters. The van der Waals surface area contributed by atoms with Crippen molar-refractivity contribution < 1.29 is 18.0 Å². The number of benzene rings is 2. The lowest BCUT2D eigenvalue weighted by atomic mass is 10.1. The summed E-state index contributed by atoms with van der Waals surface area (Å²) in [4.78, 5) is 13.7. The number of hydrogen-bond donors (Lipinski definition) is 1. The Hall–Kier alpha value is -2.05. The largest absolute Gasteiger partial charge is 0.416 e. The number of likely N-dealkylation sites (N-methyl/N-ethyl adjacent to an activating group) is 1. The maximum atomic E-state index is 12.5. The smallest absolute Gasteiger partial charge is 0.351 e. The predicted molar refractivity (Wildman–Crippen MR) is 91.1 cm³/mol. The highest BCUT2D eigenvalue weighted by Crippen LogP contribution is 2.29. The lowest BCUT2D eigenvalue weighted by Gasteiger charge is -2.17. The molecule has 2 rings (SSSR count). The summed E-state index contributed by atoms with van der Waals surface area (Å²) in [6.07, 6.45) is -4.34. The molecular weight excluding hydrogens is 353 g/mol. The molecule has 0 heterocycles. The number of halogens is 4. The number of hydrogen-bond acceptors (Lipinski definition) is 2. The van der Waals surface area contributed by atoms with Crippen LogP contribution in [0.3, 0.4) is 0 Å². The number of amides is 1. The van der Waals surface area contributed by atoms with Crippen LogP contribution < -0.4 is 5.32 Å². The van der Waals surface area contributed by atoms with Crippen LogP contribution in [0.5, 0.6) is 0 Å². The van der Waals surface area contributed by atoms with Gasteiger partial charge in [-0.1, -0.05) is 35.9 Å². The molecule has 0 aliphatic rings. The van der Waals surface area contributed by atoms with Crippen LogP contribution in [-0.4, -0.2) is 24.4 Å². The van der Waals surface area contributed by atoms with E-state index in [4.69, 9.17) is 11.6 Å². The zero-order valence-electron chi connectivity index (χ0n) is 13.6. The van der Waals surface area contributed by atoms with E-state index in [9.17, 15) is 18.0 Å². The predicted octanol–water partition coefficient (Wildman–Crippen LogP) is 4.11. The standard InChI is InChI=1S/C18H18ClF3N2O/c1-24(11-14-2-6-15(7-3-14)18(20,21)22)12-17(25)23-10-13-4-8-16(19)9-5-13/h2-9H,10-12H2,1H3,(H,23,25). The maximum Gasteiger partial charge on any atom is 0.416 e. The van der Waals surface area contributed by atoms with Gasteiger partial charge in [0.1, 0.15) is 0 Å². The first-order valence-corrected chi connectivity index (χ1v) is 7.97. The molecule has 1 amide bonds. The van der Waals surface area contributed by atoms with Crippen molar-refractivity contribution in [1.29, 1.82) is 0 Å². The first kappa shape index (κ1) is 19.3. The third-order valence-corrected chi connectivity index (χ3v) is 3.80. The van der Waals surface area contributed by atoms with Crippen LogP contribution in [0.4, 0.5) is 13.2 Å². The van der Waals surface area contributed by atoms with Gasteiger partial charge >= 0.3 is 6.18 Å². The van der Waals surface area contributed by atoms with Crippen LogP contribution in [0.2, 0.25) is 5.02 Å². The van der Waals surface area contributed by atoms with Crippen molar-refractivity contribution in [3.63, 3.8) is 0 Å². The molecule has 7 heteroatoms. The van der Waals surface area contributed by atoms with Gasteiger partial charge in [-0.15, -0.1) is 0 Å². The van der Waals surface area contributed by atoms with Gasteiger partial charge in [0.2, 0.25) is 5.91 Å². The van der Waals surface area contributed by atoms with Crippen molar-refractivity contribution in [2.45, 2.75) is 19.3 Å². The Morgan fingerprint density at radius 3 is 2.16 bits per heavy atom. The zero-order valence-corrected chi connectivity index (χ0v) is 14.4. The van der Waals surface area contributed by atoms with Crippen LogP contribution in [0.15, 0.2) is 48.5 Å². The van der Waals surface area contributed by atoms with E-state index in [0.717, 1.165) is 17.7 Å². The summed E-state index contributed by atoms with van der Waals surface area (Å²) in [7, 11) is 1.74. The van der Waals surface area contributed by atoms with E-state index >= 15 is 0 Å². The van der Waals surface area contributed by atoms with E-state index in [2.05, 4.69) is 5.32 Å². The van der Waals surface area contributed by atoms with Gasteiger partial charge < -0.3 is 5.32 Å². The van der Waals surface area contributed by atoms with Gasteiger partial charge in [0.15, 0.2) is 0 Å². The van der Waals surface area contributed by atoms with Gasteiger partial charge in [-0.25, -0.2) is 0 Å². The molecule has 3 nitrogen and oxygen atoms in total. The average Bonchev–Trinajstić information content (AvgIpc) is 2.54. The van der Waals surface area contributed by atoms with E-state index in [1.807, 2.05) is 12.1 Å². The Morgan fingerprint density at radius 2 is 1.60 bits per heavy atom. The van der Waals surface area contributed by atoms with Crippen molar-refractivity contribution in [3.8, 4) is 0 Å². The third kappa shape index (κ3) is 6.40. The van der Waals surface area contributed by atoms with Gasteiger partial charge in [-0.3, -0.25) is 9.69 Å². The fourth-order valence-electron chi connectivity index (χ4n) is 2.27. The molecule has 0 spiro atoms. The van der Waals surface area contributed by atoms with Crippen molar-refractivity contribution >= 4 is 17.5 Å². The number of rotatable bonds is 6. The molecule has 2 aromatic rings. The van der Waals surface area contributed by atoms with Gasteiger partial charge in [-0.05, 0) is 42.4 Å². The maximum absolute atomic E-state index is 12.5. The zero-order chi connectivity index (χ0) is 18.4. The Morgan fingerprint density at radius 1 is 1.04 bits per heavy atom. The minimum absolute atomic E-state index is 0.147. The molecule has 2 aromatic carbocycles. The fraction of sp³-hybridized carbons (Fsp3) is 0.278. The molecule has 25 heavy (non-hydrogen) atoms. The SMILES string of the molecule is CN(CC(=O)NCc1ccc(Cl)cc1)Cc1ccc(C(F)(F)F)cc1. The Labute approximate surface area is 149 Å². The molecule has 0 saturated heterocycles. The van der Waals surface area contributed by atoms with Crippen LogP contribution in [0.1, 0.15) is 16.7 Å². The van der Waals surface area contributed by atoms with E-state index in [1.54, 1.807) is 24.1 Å². The highest BCUT2D eigenvalue weighted by Gasteiger charge is 2.29. The fourth-order valence-corrected chi connectivity index (χ4v) is 2.40. The number of alkyl halides is 3. The second-order valence-electron chi connectivity index (χ2n) is 5.77. The Balaban J connectivity index is 1.80. The number of nitrogens with zero attached hydrogens (tertiary/aromatic N) is 1. The highest BCUT2D eigenvalue weighted by molar-refractivity contribution is 6.30. The molecule has 134 valence electrons. The number of carbonyl (C=O) groups is 1. The van der Waals surface area contributed by atoms with E-state index < -0.39 is 11.7 Å². The van der Waals surface area contributed by atoms with E-state index in [-0.39, 0.29) is 12.5 Å². The summed E-state index contributed by atoms with van der Waals surface area (Å²) in [6.45, 7) is 0.922. The number of nitrogens with one attached hydrogen (secondary N) is 1. The van der Waals surface area contributed by atoms with Crippen LogP contribution in [0.25, 0.3) is 0 Å². The van der Waals surface area contributed by atoms with Gasteiger partial charge in [0.25, 0.3) is 0 Å². The summed E-state index contributed by atoms with van der Waals surface area (Å²) in [6, 6.07) is 12.1.